The van der Waals surface area contributed by atoms with Crippen LogP contribution < -0.4 is 4.74 Å². The molecule has 2 aromatic rings. The van der Waals surface area contributed by atoms with Crippen molar-refractivity contribution in [1.29, 1.82) is 0 Å². The molecule has 88 valence electrons. The van der Waals surface area contributed by atoms with Crippen LogP contribution in [0.3, 0.4) is 0 Å². The lowest BCUT2D eigenvalue weighted by atomic mass is 10.2. The molecular formula is C13H9Cl2FO. The van der Waals surface area contributed by atoms with Crippen LogP contribution in [0.2, 0.25) is 5.02 Å². The van der Waals surface area contributed by atoms with Crippen molar-refractivity contribution in [2.45, 2.75) is 5.88 Å². The summed E-state index contributed by atoms with van der Waals surface area (Å²) in [6.07, 6.45) is 0. The zero-order valence-corrected chi connectivity index (χ0v) is 10.3. The van der Waals surface area contributed by atoms with Crippen LogP contribution in [-0.2, 0) is 5.88 Å². The fourth-order valence-electron chi connectivity index (χ4n) is 1.36. The smallest absolute Gasteiger partial charge is 0.166 e. The van der Waals surface area contributed by atoms with Crippen LogP contribution in [0.4, 0.5) is 4.39 Å². The molecule has 4 heteroatoms. The third-order valence-corrected chi connectivity index (χ3v) is 2.83. The molecule has 0 aliphatic carbocycles. The van der Waals surface area contributed by atoms with Gasteiger partial charge in [0, 0.05) is 5.88 Å². The van der Waals surface area contributed by atoms with Crippen LogP contribution in [0.5, 0.6) is 11.5 Å². The second-order valence-electron chi connectivity index (χ2n) is 3.43. The van der Waals surface area contributed by atoms with E-state index in [1.807, 2.05) is 0 Å². The second kappa shape index (κ2) is 5.39. The minimum atomic E-state index is -0.455. The maximum atomic E-state index is 13.6. The molecule has 0 saturated heterocycles. The normalized spacial score (nSPS) is 10.3. The molecule has 0 aliphatic rings. The van der Waals surface area contributed by atoms with Gasteiger partial charge in [-0.25, -0.2) is 4.39 Å². The van der Waals surface area contributed by atoms with Gasteiger partial charge in [-0.3, -0.25) is 0 Å². The van der Waals surface area contributed by atoms with E-state index < -0.39 is 5.82 Å². The van der Waals surface area contributed by atoms with Crippen molar-refractivity contribution in [3.63, 3.8) is 0 Å². The van der Waals surface area contributed by atoms with Gasteiger partial charge in [-0.05, 0) is 29.8 Å². The van der Waals surface area contributed by atoms with E-state index in [9.17, 15) is 4.39 Å². The molecule has 0 aliphatic heterocycles. The summed E-state index contributed by atoms with van der Waals surface area (Å²) >= 11 is 11.5. The maximum Gasteiger partial charge on any atom is 0.166 e. The zero-order valence-electron chi connectivity index (χ0n) is 8.79. The lowest BCUT2D eigenvalue weighted by molar-refractivity contribution is 0.442. The number of benzene rings is 2. The molecule has 0 N–H and O–H groups in total. The van der Waals surface area contributed by atoms with Gasteiger partial charge >= 0.3 is 0 Å². The van der Waals surface area contributed by atoms with Gasteiger partial charge in [0.25, 0.3) is 0 Å². The number of rotatable bonds is 3. The Labute approximate surface area is 109 Å². The Bertz CT molecular complexity index is 529. The van der Waals surface area contributed by atoms with E-state index in [2.05, 4.69) is 0 Å². The molecule has 0 fully saturated rings. The minimum Gasteiger partial charge on any atom is -0.453 e. The topological polar surface area (TPSA) is 9.23 Å². The average Bonchev–Trinajstić information content (AvgIpc) is 2.34. The van der Waals surface area contributed by atoms with Gasteiger partial charge in [-0.1, -0.05) is 29.8 Å². The van der Waals surface area contributed by atoms with E-state index in [4.69, 9.17) is 27.9 Å². The average molecular weight is 271 g/mol. The molecular weight excluding hydrogens is 262 g/mol. The Hall–Kier alpha value is -1.25. The van der Waals surface area contributed by atoms with E-state index in [0.29, 0.717) is 16.3 Å². The molecule has 0 unspecified atom stereocenters. The lowest BCUT2D eigenvalue weighted by Crippen LogP contribution is -1.90. The fourth-order valence-corrected chi connectivity index (χ4v) is 1.70. The summed E-state index contributed by atoms with van der Waals surface area (Å²) < 4.78 is 19.0. The fraction of sp³-hybridized carbons (Fsp3) is 0.0769. The molecule has 0 heterocycles. The maximum absolute atomic E-state index is 13.6. The first-order valence-electron chi connectivity index (χ1n) is 4.97. The molecule has 0 radical (unpaired) electrons. The Kier molecular flexibility index (Phi) is 3.87. The number of hydrogen-bond acceptors (Lipinski definition) is 1. The third kappa shape index (κ3) is 2.90. The van der Waals surface area contributed by atoms with Gasteiger partial charge < -0.3 is 4.74 Å². The summed E-state index contributed by atoms with van der Waals surface area (Å²) in [5.41, 5.74) is 0.704. The number of para-hydroxylation sites is 1. The number of ether oxygens (including phenoxy) is 1. The monoisotopic (exact) mass is 270 g/mol. The van der Waals surface area contributed by atoms with E-state index in [1.165, 1.54) is 12.1 Å². The summed E-state index contributed by atoms with van der Waals surface area (Å²) in [6, 6.07) is 11.5. The van der Waals surface area contributed by atoms with E-state index in [-0.39, 0.29) is 11.6 Å². The standard InChI is InChI=1S/C13H9Cl2FO/c14-8-9-5-6-13(11(16)7-9)17-12-4-2-1-3-10(12)15/h1-7H,8H2. The summed E-state index contributed by atoms with van der Waals surface area (Å²) in [5, 5.41) is 0.438. The van der Waals surface area contributed by atoms with Gasteiger partial charge in [0.05, 0.1) is 5.02 Å². The van der Waals surface area contributed by atoms with Crippen LogP contribution >= 0.6 is 23.2 Å². The quantitative estimate of drug-likeness (QED) is 0.713. The van der Waals surface area contributed by atoms with Gasteiger partial charge in [0.1, 0.15) is 5.75 Å². The van der Waals surface area contributed by atoms with Gasteiger partial charge in [0.2, 0.25) is 0 Å². The largest absolute Gasteiger partial charge is 0.453 e. The highest BCUT2D eigenvalue weighted by atomic mass is 35.5. The van der Waals surface area contributed by atoms with Crippen LogP contribution in [0.25, 0.3) is 0 Å². The highest BCUT2D eigenvalue weighted by Crippen LogP contribution is 2.30. The molecule has 1 nitrogen and oxygen atoms in total. The summed E-state index contributed by atoms with van der Waals surface area (Å²) in [6.45, 7) is 0. The van der Waals surface area contributed by atoms with Crippen LogP contribution in [0.15, 0.2) is 42.5 Å². The molecule has 0 atom stereocenters. The molecule has 2 rings (SSSR count). The first-order valence-corrected chi connectivity index (χ1v) is 5.88. The zero-order chi connectivity index (χ0) is 12.3. The molecule has 0 saturated carbocycles. The molecule has 17 heavy (non-hydrogen) atoms. The van der Waals surface area contributed by atoms with Crippen molar-refractivity contribution in [2.75, 3.05) is 0 Å². The third-order valence-electron chi connectivity index (χ3n) is 2.21. The number of hydrogen-bond donors (Lipinski definition) is 0. The van der Waals surface area contributed by atoms with Crippen molar-refractivity contribution in [3.05, 3.63) is 58.9 Å². The van der Waals surface area contributed by atoms with Gasteiger partial charge in [-0.15, -0.1) is 11.6 Å². The number of halogens is 3. The minimum absolute atomic E-state index is 0.131. The van der Waals surface area contributed by atoms with Crippen molar-refractivity contribution in [2.24, 2.45) is 0 Å². The van der Waals surface area contributed by atoms with Crippen LogP contribution in [0, 0.1) is 5.82 Å². The van der Waals surface area contributed by atoms with Crippen molar-refractivity contribution < 1.29 is 9.13 Å². The lowest BCUT2D eigenvalue weighted by Gasteiger charge is -2.08. The molecule has 0 bridgehead atoms. The molecule has 0 amide bonds. The van der Waals surface area contributed by atoms with E-state index in [0.717, 1.165) is 0 Å². The molecule has 2 aromatic carbocycles. The highest BCUT2D eigenvalue weighted by molar-refractivity contribution is 6.32. The molecule has 0 aromatic heterocycles. The van der Waals surface area contributed by atoms with Crippen LogP contribution in [-0.4, -0.2) is 0 Å². The van der Waals surface area contributed by atoms with Gasteiger partial charge in [-0.2, -0.15) is 0 Å². The predicted octanol–water partition coefficient (Wildman–Crippen LogP) is 5.01. The Morgan fingerprint density at radius 3 is 2.47 bits per heavy atom. The van der Waals surface area contributed by atoms with E-state index >= 15 is 0 Å². The summed E-state index contributed by atoms with van der Waals surface area (Å²) in [4.78, 5) is 0. The highest BCUT2D eigenvalue weighted by Gasteiger charge is 2.07. The van der Waals surface area contributed by atoms with Crippen molar-refractivity contribution in [1.82, 2.24) is 0 Å². The van der Waals surface area contributed by atoms with Crippen molar-refractivity contribution >= 4 is 23.2 Å². The Morgan fingerprint density at radius 1 is 1.06 bits per heavy atom. The Morgan fingerprint density at radius 2 is 1.82 bits per heavy atom. The first-order chi connectivity index (χ1) is 8.20. The second-order valence-corrected chi connectivity index (χ2v) is 4.11. The summed E-state index contributed by atoms with van der Waals surface area (Å²) in [5.74, 6) is 0.366. The Balaban J connectivity index is 2.28. The van der Waals surface area contributed by atoms with Crippen LogP contribution in [0.1, 0.15) is 5.56 Å². The molecule has 0 spiro atoms. The van der Waals surface area contributed by atoms with Crippen molar-refractivity contribution in [3.8, 4) is 11.5 Å². The van der Waals surface area contributed by atoms with E-state index in [1.54, 1.807) is 30.3 Å². The summed E-state index contributed by atoms with van der Waals surface area (Å²) in [7, 11) is 0. The first kappa shape index (κ1) is 12.2. The predicted molar refractivity (Wildman–Crippen MR) is 67.5 cm³/mol. The number of alkyl halides is 1. The van der Waals surface area contributed by atoms with Gasteiger partial charge in [0.15, 0.2) is 11.6 Å². The SMILES string of the molecule is Fc1cc(CCl)ccc1Oc1ccccc1Cl.